The fraction of sp³-hybridized carbons (Fsp3) is 0.333. The molecule has 108 valence electrons. The molecule has 3 nitrogen and oxygen atoms in total. The third kappa shape index (κ3) is 3.65. The van der Waals surface area contributed by atoms with E-state index in [1.165, 1.54) is 0 Å². The summed E-state index contributed by atoms with van der Waals surface area (Å²) in [6.07, 6.45) is 2.13. The lowest BCUT2D eigenvalue weighted by atomic mass is 10.1. The lowest BCUT2D eigenvalue weighted by Crippen LogP contribution is -2.28. The van der Waals surface area contributed by atoms with Crippen LogP contribution in [0.5, 0.6) is 0 Å². The Kier molecular flexibility index (Phi) is 4.87. The van der Waals surface area contributed by atoms with Gasteiger partial charge in [0.15, 0.2) is 0 Å². The third-order valence-electron chi connectivity index (χ3n) is 3.18. The van der Waals surface area contributed by atoms with E-state index in [1.807, 2.05) is 17.9 Å². The highest BCUT2D eigenvalue weighted by molar-refractivity contribution is 5.21. The average Bonchev–Trinajstić information content (AvgIpc) is 2.93. The van der Waals surface area contributed by atoms with Gasteiger partial charge in [0.1, 0.15) is 11.6 Å². The zero-order chi connectivity index (χ0) is 14.5. The number of aliphatic hydroxyl groups excluding tert-OH is 1. The first kappa shape index (κ1) is 14.7. The van der Waals surface area contributed by atoms with Crippen LogP contribution >= 0.6 is 0 Å². The van der Waals surface area contributed by atoms with Crippen molar-refractivity contribution in [3.63, 3.8) is 0 Å². The molecule has 1 atom stereocenters. The molecule has 0 saturated carbocycles. The lowest BCUT2D eigenvalue weighted by molar-refractivity contribution is 0.109. The van der Waals surface area contributed by atoms with Gasteiger partial charge < -0.3 is 9.52 Å². The number of halogens is 2. The number of benzene rings is 1. The van der Waals surface area contributed by atoms with Gasteiger partial charge in [0, 0.05) is 24.2 Å². The van der Waals surface area contributed by atoms with Crippen molar-refractivity contribution in [1.82, 2.24) is 4.90 Å². The number of likely N-dealkylation sites (N-methyl/N-ethyl adjacent to an activating group) is 1. The molecule has 20 heavy (non-hydrogen) atoms. The topological polar surface area (TPSA) is 36.6 Å². The van der Waals surface area contributed by atoms with E-state index in [2.05, 4.69) is 0 Å². The molecule has 0 radical (unpaired) electrons. The molecule has 0 aliphatic carbocycles. The van der Waals surface area contributed by atoms with Crippen molar-refractivity contribution >= 4 is 0 Å². The summed E-state index contributed by atoms with van der Waals surface area (Å²) in [6, 6.07) is 4.93. The van der Waals surface area contributed by atoms with Crippen LogP contribution in [0, 0.1) is 11.6 Å². The van der Waals surface area contributed by atoms with Crippen LogP contribution in [0.3, 0.4) is 0 Å². The molecule has 1 aromatic carbocycles. The second kappa shape index (κ2) is 6.63. The lowest BCUT2D eigenvalue weighted by Gasteiger charge is -2.23. The van der Waals surface area contributed by atoms with Crippen molar-refractivity contribution < 1.29 is 18.3 Å². The summed E-state index contributed by atoms with van der Waals surface area (Å²) in [5.41, 5.74) is 0.953. The van der Waals surface area contributed by atoms with Crippen LogP contribution in [0.2, 0.25) is 0 Å². The Morgan fingerprint density at radius 2 is 2.10 bits per heavy atom. The van der Waals surface area contributed by atoms with E-state index in [0.717, 1.165) is 23.8 Å². The summed E-state index contributed by atoms with van der Waals surface area (Å²) >= 11 is 0. The Labute approximate surface area is 116 Å². The highest BCUT2D eigenvalue weighted by Crippen LogP contribution is 2.20. The highest BCUT2D eigenvalue weighted by atomic mass is 19.1. The van der Waals surface area contributed by atoms with Crippen LogP contribution in [0.25, 0.3) is 0 Å². The SMILES string of the molecule is CCN(Cc1ccoc1)CC(O)c1cc(F)ccc1F. The molecule has 0 fully saturated rings. The molecule has 5 heteroatoms. The Morgan fingerprint density at radius 1 is 1.30 bits per heavy atom. The first-order valence-electron chi connectivity index (χ1n) is 6.46. The largest absolute Gasteiger partial charge is 0.472 e. The quantitative estimate of drug-likeness (QED) is 0.884. The summed E-state index contributed by atoms with van der Waals surface area (Å²) < 4.78 is 31.7. The molecule has 0 bridgehead atoms. The van der Waals surface area contributed by atoms with E-state index in [4.69, 9.17) is 4.42 Å². The summed E-state index contributed by atoms with van der Waals surface area (Å²) in [5, 5.41) is 10.1. The Bertz CT molecular complexity index is 543. The van der Waals surface area contributed by atoms with Crippen molar-refractivity contribution in [3.8, 4) is 0 Å². The summed E-state index contributed by atoms with van der Waals surface area (Å²) in [5.74, 6) is -1.16. The fourth-order valence-corrected chi connectivity index (χ4v) is 2.06. The van der Waals surface area contributed by atoms with E-state index in [0.29, 0.717) is 13.1 Å². The molecule has 2 aromatic rings. The minimum Gasteiger partial charge on any atom is -0.472 e. The van der Waals surface area contributed by atoms with Crippen molar-refractivity contribution in [2.24, 2.45) is 0 Å². The molecule has 0 aliphatic heterocycles. The van der Waals surface area contributed by atoms with Gasteiger partial charge >= 0.3 is 0 Å². The van der Waals surface area contributed by atoms with Gasteiger partial charge in [-0.05, 0) is 30.8 Å². The maximum absolute atomic E-state index is 13.6. The zero-order valence-corrected chi connectivity index (χ0v) is 11.2. The normalized spacial score (nSPS) is 12.8. The molecule has 0 aliphatic rings. The van der Waals surface area contributed by atoms with Crippen LogP contribution < -0.4 is 0 Å². The standard InChI is InChI=1S/C15H17F2NO2/c1-2-18(8-11-5-6-20-10-11)9-15(19)13-7-12(16)3-4-14(13)17/h3-7,10,15,19H,2,8-9H2,1H3. The predicted molar refractivity (Wildman–Crippen MR) is 71.0 cm³/mol. The highest BCUT2D eigenvalue weighted by Gasteiger charge is 2.17. The van der Waals surface area contributed by atoms with Gasteiger partial charge in [-0.2, -0.15) is 0 Å². The predicted octanol–water partition coefficient (Wildman–Crippen LogP) is 3.11. The number of furan rings is 1. The van der Waals surface area contributed by atoms with Crippen molar-refractivity contribution in [2.75, 3.05) is 13.1 Å². The molecule has 0 amide bonds. The second-order valence-corrected chi connectivity index (χ2v) is 4.64. The van der Waals surface area contributed by atoms with E-state index >= 15 is 0 Å². The van der Waals surface area contributed by atoms with Gasteiger partial charge in [-0.15, -0.1) is 0 Å². The number of hydrogen-bond acceptors (Lipinski definition) is 3. The molecular weight excluding hydrogens is 264 g/mol. The molecule has 1 aromatic heterocycles. The molecule has 1 N–H and O–H groups in total. The second-order valence-electron chi connectivity index (χ2n) is 4.64. The Hall–Kier alpha value is -1.72. The third-order valence-corrected chi connectivity index (χ3v) is 3.18. The Balaban J connectivity index is 2.04. The number of nitrogens with zero attached hydrogens (tertiary/aromatic N) is 1. The van der Waals surface area contributed by atoms with E-state index in [1.54, 1.807) is 12.5 Å². The van der Waals surface area contributed by atoms with Crippen LogP contribution in [0.1, 0.15) is 24.2 Å². The average molecular weight is 281 g/mol. The van der Waals surface area contributed by atoms with Crippen LogP contribution in [-0.4, -0.2) is 23.1 Å². The summed E-state index contributed by atoms with van der Waals surface area (Å²) in [6.45, 7) is 3.43. The van der Waals surface area contributed by atoms with Crippen LogP contribution in [-0.2, 0) is 6.54 Å². The van der Waals surface area contributed by atoms with E-state index < -0.39 is 17.7 Å². The minimum atomic E-state index is -1.07. The molecule has 1 unspecified atom stereocenters. The molecular formula is C15H17F2NO2. The Morgan fingerprint density at radius 3 is 2.75 bits per heavy atom. The van der Waals surface area contributed by atoms with Gasteiger partial charge in [-0.1, -0.05) is 6.92 Å². The van der Waals surface area contributed by atoms with Crippen LogP contribution in [0.15, 0.2) is 41.2 Å². The molecule has 2 rings (SSSR count). The van der Waals surface area contributed by atoms with Crippen molar-refractivity contribution in [3.05, 3.63) is 59.6 Å². The fourth-order valence-electron chi connectivity index (χ4n) is 2.06. The summed E-state index contributed by atoms with van der Waals surface area (Å²) in [4.78, 5) is 1.93. The first-order valence-corrected chi connectivity index (χ1v) is 6.46. The number of rotatable bonds is 6. The summed E-state index contributed by atoms with van der Waals surface area (Å²) in [7, 11) is 0. The number of aliphatic hydroxyl groups is 1. The number of hydrogen-bond donors (Lipinski definition) is 1. The minimum absolute atomic E-state index is 0.0179. The smallest absolute Gasteiger partial charge is 0.129 e. The molecule has 1 heterocycles. The van der Waals surface area contributed by atoms with Gasteiger partial charge in [0.05, 0.1) is 18.6 Å². The van der Waals surface area contributed by atoms with Gasteiger partial charge in [-0.25, -0.2) is 8.78 Å². The molecule has 0 saturated heterocycles. The van der Waals surface area contributed by atoms with Gasteiger partial charge in [0.2, 0.25) is 0 Å². The maximum atomic E-state index is 13.6. The van der Waals surface area contributed by atoms with Crippen LogP contribution in [0.4, 0.5) is 8.78 Å². The molecule has 0 spiro atoms. The van der Waals surface area contributed by atoms with E-state index in [9.17, 15) is 13.9 Å². The monoisotopic (exact) mass is 281 g/mol. The van der Waals surface area contributed by atoms with Gasteiger partial charge in [0.25, 0.3) is 0 Å². The van der Waals surface area contributed by atoms with Gasteiger partial charge in [-0.3, -0.25) is 4.90 Å². The van der Waals surface area contributed by atoms with E-state index in [-0.39, 0.29) is 12.1 Å². The van der Waals surface area contributed by atoms with Crippen molar-refractivity contribution in [1.29, 1.82) is 0 Å². The maximum Gasteiger partial charge on any atom is 0.129 e. The zero-order valence-electron chi connectivity index (χ0n) is 11.2. The first-order chi connectivity index (χ1) is 9.60. The van der Waals surface area contributed by atoms with Crippen molar-refractivity contribution in [2.45, 2.75) is 19.6 Å².